The molecule has 0 bridgehead atoms. The molecule has 0 saturated carbocycles. The van der Waals surface area contributed by atoms with Crippen molar-refractivity contribution in [3.63, 3.8) is 0 Å². The van der Waals surface area contributed by atoms with Crippen LogP contribution in [0.4, 0.5) is 5.69 Å². The van der Waals surface area contributed by atoms with Gasteiger partial charge in [0, 0.05) is 30.7 Å². The number of aliphatic carboxylic acids is 2. The van der Waals surface area contributed by atoms with Gasteiger partial charge in [0.05, 0.1) is 6.42 Å². The Morgan fingerprint density at radius 1 is 1.20 bits per heavy atom. The molecule has 1 fully saturated rings. The number of carboxylic acids is 2. The summed E-state index contributed by atoms with van der Waals surface area (Å²) in [4.78, 5) is 61.5. The van der Waals surface area contributed by atoms with Crippen LogP contribution in [0.2, 0.25) is 0 Å². The molecule has 3 amide bonds. The Hall–Kier alpha value is -3.96. The number of benzene rings is 1. The van der Waals surface area contributed by atoms with Crippen molar-refractivity contribution in [3.05, 3.63) is 41.1 Å². The number of thioether (sulfide) groups is 2. The maximum Gasteiger partial charge on any atom is 0.352 e. The van der Waals surface area contributed by atoms with E-state index < -0.39 is 41.2 Å². The van der Waals surface area contributed by atoms with Crippen molar-refractivity contribution >= 4 is 58.9 Å². The molecule has 2 aliphatic rings. The monoisotopic (exact) mass is 590 g/mol. The van der Waals surface area contributed by atoms with Gasteiger partial charge in [-0.05, 0) is 40.1 Å². The second kappa shape index (κ2) is 12.5. The van der Waals surface area contributed by atoms with E-state index in [-0.39, 0.29) is 30.9 Å². The molecule has 212 valence electrons. The number of nitrogens with two attached hydrogens (primary N) is 1. The van der Waals surface area contributed by atoms with Gasteiger partial charge >= 0.3 is 11.9 Å². The standard InChI is InChI=1S/C23H26N8O7S2/c1-30-23(27-28-29-30)40-10-12-9-39-20-17(19(34)31(20)18(12)22(37)38)26-16(33)8-11-2-4-13(5-3-11)25-15(32)7-6-14(24)21(35)36/h2-5,14,17,20H,6-10,24H2,1H3,(H,25,32)(H,26,33)(H,35,36)(H,37,38)/t14-,17-,20+/m1/s1. The molecule has 3 atom stereocenters. The van der Waals surface area contributed by atoms with E-state index in [4.69, 9.17) is 10.8 Å². The molecule has 0 aliphatic carbocycles. The smallest absolute Gasteiger partial charge is 0.352 e. The molecule has 3 heterocycles. The average molecular weight is 591 g/mol. The zero-order valence-corrected chi connectivity index (χ0v) is 22.8. The van der Waals surface area contributed by atoms with Gasteiger partial charge in [-0.2, -0.15) is 0 Å². The largest absolute Gasteiger partial charge is 0.480 e. The third-order valence-electron chi connectivity index (χ3n) is 6.13. The third-order valence-corrected chi connectivity index (χ3v) is 8.56. The van der Waals surface area contributed by atoms with Crippen molar-refractivity contribution in [3.8, 4) is 0 Å². The fraction of sp³-hybridized carbons (Fsp3) is 0.391. The van der Waals surface area contributed by atoms with E-state index in [1.807, 2.05) is 0 Å². The van der Waals surface area contributed by atoms with E-state index in [0.717, 1.165) is 0 Å². The fourth-order valence-electron chi connectivity index (χ4n) is 4.04. The number of rotatable bonds is 12. The number of hydrogen-bond donors (Lipinski definition) is 5. The van der Waals surface area contributed by atoms with Crippen LogP contribution < -0.4 is 16.4 Å². The van der Waals surface area contributed by atoms with Crippen molar-refractivity contribution in [2.45, 2.75) is 41.9 Å². The number of aryl methyl sites for hydroxylation is 1. The molecule has 1 saturated heterocycles. The summed E-state index contributed by atoms with van der Waals surface area (Å²) in [6.45, 7) is 0. The highest BCUT2D eigenvalue weighted by Crippen LogP contribution is 2.41. The molecular formula is C23H26N8O7S2. The summed E-state index contributed by atoms with van der Waals surface area (Å²) in [7, 11) is 1.67. The lowest BCUT2D eigenvalue weighted by atomic mass is 10.0. The van der Waals surface area contributed by atoms with Crippen LogP contribution in [-0.4, -0.2) is 93.9 Å². The zero-order valence-electron chi connectivity index (χ0n) is 21.1. The quantitative estimate of drug-likeness (QED) is 0.154. The molecule has 15 nitrogen and oxygen atoms in total. The van der Waals surface area contributed by atoms with Gasteiger partial charge in [-0.15, -0.1) is 16.9 Å². The summed E-state index contributed by atoms with van der Waals surface area (Å²) in [5.41, 5.74) is 6.99. The third kappa shape index (κ3) is 6.60. The summed E-state index contributed by atoms with van der Waals surface area (Å²) in [6, 6.07) is 4.53. The SMILES string of the molecule is Cn1nnnc1SCC1=C(C(=O)O)N2C(=O)[C@@H](NC(=O)Cc3ccc(NC(=O)CC[C@@H](N)C(=O)O)cc3)[C@@H]2SC1. The molecular weight excluding hydrogens is 564 g/mol. The van der Waals surface area contributed by atoms with Gasteiger partial charge in [-0.25, -0.2) is 9.48 Å². The molecule has 2 aromatic rings. The van der Waals surface area contributed by atoms with Crippen LogP contribution in [0.1, 0.15) is 18.4 Å². The number of carbonyl (C=O) groups is 5. The number of aromatic nitrogens is 4. The summed E-state index contributed by atoms with van der Waals surface area (Å²) in [5, 5.41) is 35.1. The minimum absolute atomic E-state index is 0.000532. The molecule has 4 rings (SSSR count). The second-order valence-corrected chi connectivity index (χ2v) is 11.0. The minimum Gasteiger partial charge on any atom is -0.480 e. The Morgan fingerprint density at radius 3 is 2.55 bits per heavy atom. The normalized spacial score (nSPS) is 18.9. The van der Waals surface area contributed by atoms with Crippen LogP contribution >= 0.6 is 23.5 Å². The van der Waals surface area contributed by atoms with Crippen LogP contribution in [0, 0.1) is 0 Å². The number of nitrogens with zero attached hydrogens (tertiary/aromatic N) is 5. The lowest BCUT2D eigenvalue weighted by Crippen LogP contribution is -2.70. The molecule has 6 N–H and O–H groups in total. The number of anilines is 1. The summed E-state index contributed by atoms with van der Waals surface area (Å²) >= 11 is 2.64. The van der Waals surface area contributed by atoms with E-state index in [1.165, 1.54) is 33.1 Å². The lowest BCUT2D eigenvalue weighted by Gasteiger charge is -2.49. The summed E-state index contributed by atoms with van der Waals surface area (Å²) in [6.07, 6.45) is -0.0833. The molecule has 0 radical (unpaired) electrons. The highest BCUT2D eigenvalue weighted by atomic mass is 32.2. The number of β-lactam (4-membered cyclic amide) rings is 1. The van der Waals surface area contributed by atoms with Crippen LogP contribution in [0.15, 0.2) is 40.7 Å². The predicted octanol–water partition coefficient (Wildman–Crippen LogP) is -0.586. The maximum atomic E-state index is 12.9. The number of tetrazole rings is 1. The van der Waals surface area contributed by atoms with Gasteiger partial charge in [0.25, 0.3) is 5.91 Å². The number of carbonyl (C=O) groups excluding carboxylic acids is 3. The number of carboxylic acid groups (broad SMARTS) is 2. The Balaban J connectivity index is 1.30. The van der Waals surface area contributed by atoms with Gasteiger partial charge in [0.15, 0.2) is 0 Å². The maximum absolute atomic E-state index is 12.9. The van der Waals surface area contributed by atoms with Crippen LogP contribution in [0.25, 0.3) is 0 Å². The van der Waals surface area contributed by atoms with Crippen molar-refractivity contribution in [2.24, 2.45) is 12.8 Å². The number of hydrogen-bond acceptors (Lipinski definition) is 11. The molecule has 2 aliphatic heterocycles. The molecule has 0 spiro atoms. The Labute approximate surface area is 235 Å². The van der Waals surface area contributed by atoms with E-state index >= 15 is 0 Å². The van der Waals surface area contributed by atoms with Gasteiger partial charge in [0.2, 0.25) is 17.0 Å². The number of amides is 3. The van der Waals surface area contributed by atoms with Gasteiger partial charge in [0.1, 0.15) is 23.2 Å². The first-order valence-electron chi connectivity index (χ1n) is 12.0. The minimum atomic E-state index is -1.22. The molecule has 0 unspecified atom stereocenters. The number of nitrogens with one attached hydrogen (secondary N) is 2. The van der Waals surface area contributed by atoms with Crippen LogP contribution in [0.3, 0.4) is 0 Å². The average Bonchev–Trinajstić information content (AvgIpc) is 3.33. The van der Waals surface area contributed by atoms with Crippen LogP contribution in [0.5, 0.6) is 0 Å². The molecule has 1 aromatic carbocycles. The topological polar surface area (TPSA) is 223 Å². The van der Waals surface area contributed by atoms with Crippen molar-refractivity contribution in [1.29, 1.82) is 0 Å². The Morgan fingerprint density at radius 2 is 1.93 bits per heavy atom. The summed E-state index contributed by atoms with van der Waals surface area (Å²) < 4.78 is 1.47. The first-order chi connectivity index (χ1) is 19.0. The summed E-state index contributed by atoms with van der Waals surface area (Å²) in [5.74, 6) is -3.02. The van der Waals surface area contributed by atoms with Gasteiger partial charge in [-0.3, -0.25) is 24.1 Å². The van der Waals surface area contributed by atoms with E-state index in [2.05, 4.69) is 26.2 Å². The van der Waals surface area contributed by atoms with Gasteiger partial charge in [-0.1, -0.05) is 23.9 Å². The molecule has 40 heavy (non-hydrogen) atoms. The lowest BCUT2D eigenvalue weighted by molar-refractivity contribution is -0.150. The highest BCUT2D eigenvalue weighted by molar-refractivity contribution is 8.01. The Bertz CT molecular complexity index is 1360. The zero-order chi connectivity index (χ0) is 29.0. The van der Waals surface area contributed by atoms with Crippen LogP contribution in [-0.2, 0) is 37.4 Å². The number of fused-ring (bicyclic) bond motifs is 1. The van der Waals surface area contributed by atoms with Gasteiger partial charge < -0.3 is 26.6 Å². The first-order valence-corrected chi connectivity index (χ1v) is 14.0. The van der Waals surface area contributed by atoms with E-state index in [9.17, 15) is 29.1 Å². The van der Waals surface area contributed by atoms with Crippen molar-refractivity contribution in [2.75, 3.05) is 16.8 Å². The van der Waals surface area contributed by atoms with E-state index in [1.54, 1.807) is 31.3 Å². The predicted molar refractivity (Wildman–Crippen MR) is 143 cm³/mol. The van der Waals surface area contributed by atoms with Crippen molar-refractivity contribution < 1.29 is 34.2 Å². The highest BCUT2D eigenvalue weighted by Gasteiger charge is 2.54. The molecule has 1 aromatic heterocycles. The Kier molecular flexibility index (Phi) is 9.06. The second-order valence-electron chi connectivity index (χ2n) is 8.99. The fourth-order valence-corrected chi connectivity index (χ4v) is 6.37. The van der Waals surface area contributed by atoms with Crippen molar-refractivity contribution in [1.82, 2.24) is 30.4 Å². The van der Waals surface area contributed by atoms with E-state index in [0.29, 0.717) is 33.5 Å². The first kappa shape index (κ1) is 29.0. The molecule has 17 heteroatoms.